The maximum Gasteiger partial charge on any atom is 0.0124 e. The molecule has 0 unspecified atom stereocenters. The molecule has 2 heterocycles. The average molecular weight is 315 g/mol. The predicted molar refractivity (Wildman–Crippen MR) is 46.4 cm³/mol. The van der Waals surface area contributed by atoms with E-state index < -0.39 is 0 Å². The van der Waals surface area contributed by atoms with Gasteiger partial charge in [-0.25, -0.2) is 11.3 Å². The van der Waals surface area contributed by atoms with E-state index in [9.17, 15) is 0 Å². The number of aromatic nitrogens is 1. The monoisotopic (exact) mass is 313 g/mol. The normalized spacial score (nSPS) is 8.31. The van der Waals surface area contributed by atoms with E-state index in [-0.39, 0.29) is 52.2 Å². The van der Waals surface area contributed by atoms with Gasteiger partial charge in [0, 0.05) is 58.4 Å². The molecule has 0 aliphatic rings. The molecule has 0 aliphatic heterocycles. The molecule has 0 amide bonds. The van der Waals surface area contributed by atoms with Crippen LogP contribution in [-0.4, -0.2) is 4.98 Å². The van der Waals surface area contributed by atoms with E-state index in [4.69, 9.17) is 0 Å². The van der Waals surface area contributed by atoms with Crippen molar-refractivity contribution in [1.82, 2.24) is 4.98 Å². The smallest absolute Gasteiger partial charge is 0.0124 e. The second-order valence-corrected chi connectivity index (χ2v) is 3.03. The van der Waals surface area contributed by atoms with Crippen LogP contribution in [0.3, 0.4) is 0 Å². The van der Waals surface area contributed by atoms with Crippen molar-refractivity contribution in [2.75, 3.05) is 0 Å². The number of nitrogens with zero attached hydrogens (tertiary/aromatic N) is 1. The fraction of sp³-hybridized carbons (Fsp3) is 0. The van der Waals surface area contributed by atoms with E-state index in [1.165, 1.54) is 0 Å². The molecule has 2 rings (SSSR count). The second kappa shape index (κ2) is 6.95. The molecule has 0 fully saturated rings. The molecule has 0 saturated heterocycles. The molecule has 0 bridgehead atoms. The largest absolute Gasteiger partial charge is 0.319 e. The Labute approximate surface area is 120 Å². The number of rotatable bonds is 1. The van der Waals surface area contributed by atoms with Gasteiger partial charge in [-0.15, -0.1) is 5.38 Å². The molecule has 0 N–H and O–H groups in total. The fourth-order valence-corrected chi connectivity index (χ4v) is 1.53. The zero-order valence-electron chi connectivity index (χ0n) is 7.10. The maximum atomic E-state index is 4.20. The van der Waals surface area contributed by atoms with E-state index in [0.29, 0.717) is 0 Å². The third-order valence-electron chi connectivity index (χ3n) is 1.37. The van der Waals surface area contributed by atoms with E-state index in [0.717, 1.165) is 10.6 Å². The summed E-state index contributed by atoms with van der Waals surface area (Å²) in [7, 11) is 0. The van der Waals surface area contributed by atoms with Crippen LogP contribution in [0.2, 0.25) is 0 Å². The zero-order valence-corrected chi connectivity index (χ0v) is 13.7. The first-order valence-electron chi connectivity index (χ1n) is 3.33. The van der Waals surface area contributed by atoms with Crippen molar-refractivity contribution in [3.8, 4) is 10.6 Å². The van der Waals surface area contributed by atoms with Crippen LogP contribution >= 0.6 is 11.3 Å². The van der Waals surface area contributed by atoms with E-state index in [1.807, 2.05) is 29.6 Å². The summed E-state index contributed by atoms with van der Waals surface area (Å²) >= 11 is 1.66. The standard InChI is InChI=1S/C9H6NS.Y.Zn/c1-2-6-10-8(4-1)9-5-3-7-11-9;;/h1-4,6-7H;;/q-1;;. The first-order chi connectivity index (χ1) is 5.47. The summed E-state index contributed by atoms with van der Waals surface area (Å²) in [6.45, 7) is 0. The van der Waals surface area contributed by atoms with Crippen molar-refractivity contribution in [3.05, 3.63) is 41.9 Å². The molecule has 1 radical (unpaired) electrons. The summed E-state index contributed by atoms with van der Waals surface area (Å²) < 4.78 is 0. The second-order valence-electron chi connectivity index (χ2n) is 2.11. The first-order valence-corrected chi connectivity index (χ1v) is 4.21. The Hall–Kier alpha value is 0.577. The van der Waals surface area contributed by atoms with Crippen LogP contribution in [-0.2, 0) is 52.2 Å². The van der Waals surface area contributed by atoms with E-state index in [1.54, 1.807) is 17.5 Å². The van der Waals surface area contributed by atoms with E-state index >= 15 is 0 Å². The Bertz CT molecular complexity index is 323. The molecule has 0 aliphatic carbocycles. The van der Waals surface area contributed by atoms with Crippen molar-refractivity contribution in [3.63, 3.8) is 0 Å². The minimum Gasteiger partial charge on any atom is -0.319 e. The Morgan fingerprint density at radius 3 is 2.69 bits per heavy atom. The SMILES string of the molecule is [Y].[Zn].[c-]1ccsc1-c1ccccn1. The van der Waals surface area contributed by atoms with Crippen molar-refractivity contribution in [1.29, 1.82) is 0 Å². The molecule has 0 spiro atoms. The fourth-order valence-electron chi connectivity index (χ4n) is 0.877. The van der Waals surface area contributed by atoms with Crippen LogP contribution in [0.25, 0.3) is 10.6 Å². The van der Waals surface area contributed by atoms with Gasteiger partial charge in [-0.3, -0.25) is 0 Å². The van der Waals surface area contributed by atoms with Crippen molar-refractivity contribution in [2.45, 2.75) is 0 Å². The summed E-state index contributed by atoms with van der Waals surface area (Å²) in [6.07, 6.45) is 1.79. The molecule has 4 heteroatoms. The molecule has 0 aromatic carbocycles. The van der Waals surface area contributed by atoms with Crippen LogP contribution in [0.5, 0.6) is 0 Å². The van der Waals surface area contributed by atoms with Crippen LogP contribution in [0.4, 0.5) is 0 Å². The Morgan fingerprint density at radius 2 is 2.15 bits per heavy atom. The molecule has 1 nitrogen and oxygen atoms in total. The third kappa shape index (κ3) is 3.67. The minimum atomic E-state index is 0. The molecule has 2 aromatic heterocycles. The molecule has 2 aromatic rings. The van der Waals surface area contributed by atoms with Crippen LogP contribution in [0, 0.1) is 6.07 Å². The topological polar surface area (TPSA) is 12.9 Å². The van der Waals surface area contributed by atoms with Crippen LogP contribution < -0.4 is 0 Å². The summed E-state index contributed by atoms with van der Waals surface area (Å²) in [4.78, 5) is 5.30. The molecular formula is C9H6NSYZn-. The number of hydrogen-bond acceptors (Lipinski definition) is 2. The number of thiophene rings is 1. The molecular weight excluding hydrogens is 308 g/mol. The van der Waals surface area contributed by atoms with Gasteiger partial charge in [0.25, 0.3) is 0 Å². The van der Waals surface area contributed by atoms with Gasteiger partial charge in [0.2, 0.25) is 0 Å². The van der Waals surface area contributed by atoms with Gasteiger partial charge in [0.15, 0.2) is 0 Å². The first kappa shape index (κ1) is 13.6. The average Bonchev–Trinajstić information content (AvgIpc) is 2.58. The quantitative estimate of drug-likeness (QED) is 0.582. The minimum absolute atomic E-state index is 0. The van der Waals surface area contributed by atoms with Crippen LogP contribution in [0.15, 0.2) is 35.8 Å². The van der Waals surface area contributed by atoms with Gasteiger partial charge in [-0.1, -0.05) is 17.0 Å². The maximum absolute atomic E-state index is 4.20. The zero-order chi connectivity index (χ0) is 7.52. The van der Waals surface area contributed by atoms with Gasteiger partial charge in [0.1, 0.15) is 0 Å². The number of hydrogen-bond donors (Lipinski definition) is 0. The molecule has 0 atom stereocenters. The van der Waals surface area contributed by atoms with Crippen molar-refractivity contribution < 1.29 is 52.2 Å². The summed E-state index contributed by atoms with van der Waals surface area (Å²) in [5.74, 6) is 0. The Kier molecular flexibility index (Phi) is 7.26. The molecule has 0 saturated carbocycles. The van der Waals surface area contributed by atoms with Gasteiger partial charge < -0.3 is 4.98 Å². The van der Waals surface area contributed by atoms with Gasteiger partial charge in [-0.2, -0.15) is 12.1 Å². The molecule has 59 valence electrons. The van der Waals surface area contributed by atoms with Crippen molar-refractivity contribution in [2.24, 2.45) is 0 Å². The van der Waals surface area contributed by atoms with Gasteiger partial charge >= 0.3 is 0 Å². The number of pyridine rings is 1. The van der Waals surface area contributed by atoms with Crippen molar-refractivity contribution >= 4 is 11.3 Å². The summed E-state index contributed by atoms with van der Waals surface area (Å²) in [6, 6.07) is 10.9. The predicted octanol–water partition coefficient (Wildman–Crippen LogP) is 2.61. The molecule has 13 heavy (non-hydrogen) atoms. The van der Waals surface area contributed by atoms with Crippen LogP contribution in [0.1, 0.15) is 0 Å². The summed E-state index contributed by atoms with van der Waals surface area (Å²) in [5.41, 5.74) is 1.00. The van der Waals surface area contributed by atoms with Gasteiger partial charge in [0.05, 0.1) is 0 Å². The third-order valence-corrected chi connectivity index (χ3v) is 2.20. The Balaban J connectivity index is 0.000000720. The van der Waals surface area contributed by atoms with E-state index in [2.05, 4.69) is 11.1 Å². The summed E-state index contributed by atoms with van der Waals surface area (Å²) in [5, 5.41) is 2.00. The Morgan fingerprint density at radius 1 is 1.31 bits per heavy atom. The van der Waals surface area contributed by atoms with Gasteiger partial charge in [-0.05, 0) is 11.8 Å².